The number of ether oxygens (including phenoxy) is 1. The molecule has 0 aromatic heterocycles. The fourth-order valence-electron chi connectivity index (χ4n) is 1.92. The summed E-state index contributed by atoms with van der Waals surface area (Å²) < 4.78 is 5.60. The number of anilines is 1. The molecule has 0 saturated carbocycles. The standard InChI is InChI=1S/C16H17Cl2NO/c1-3-20-16-12(8-13(17)9-15(16)18)10-19-14-6-4-11(2)5-7-14/h4-9,19H,3,10H2,1-2H3. The molecule has 0 unspecified atom stereocenters. The summed E-state index contributed by atoms with van der Waals surface area (Å²) in [7, 11) is 0. The molecule has 0 atom stereocenters. The van der Waals surface area contributed by atoms with Crippen LogP contribution in [-0.4, -0.2) is 6.61 Å². The van der Waals surface area contributed by atoms with E-state index < -0.39 is 0 Å². The molecule has 0 saturated heterocycles. The van der Waals surface area contributed by atoms with Crippen molar-refractivity contribution in [3.8, 4) is 5.75 Å². The van der Waals surface area contributed by atoms with Gasteiger partial charge in [0.15, 0.2) is 0 Å². The predicted molar refractivity (Wildman–Crippen MR) is 86.1 cm³/mol. The van der Waals surface area contributed by atoms with Crippen molar-refractivity contribution in [3.63, 3.8) is 0 Å². The lowest BCUT2D eigenvalue weighted by atomic mass is 10.2. The average molecular weight is 310 g/mol. The van der Waals surface area contributed by atoms with Crippen LogP contribution in [-0.2, 0) is 6.54 Å². The molecule has 20 heavy (non-hydrogen) atoms. The van der Waals surface area contributed by atoms with Gasteiger partial charge in [0.05, 0.1) is 11.6 Å². The highest BCUT2D eigenvalue weighted by Crippen LogP contribution is 2.33. The van der Waals surface area contributed by atoms with E-state index in [0.717, 1.165) is 11.3 Å². The fraction of sp³-hybridized carbons (Fsp3) is 0.250. The topological polar surface area (TPSA) is 21.3 Å². The van der Waals surface area contributed by atoms with Gasteiger partial charge in [0.25, 0.3) is 0 Å². The van der Waals surface area contributed by atoms with Gasteiger partial charge in [0.1, 0.15) is 5.75 Å². The van der Waals surface area contributed by atoms with Gasteiger partial charge in [-0.3, -0.25) is 0 Å². The highest BCUT2D eigenvalue weighted by atomic mass is 35.5. The van der Waals surface area contributed by atoms with Crippen LogP contribution in [0, 0.1) is 6.92 Å². The normalized spacial score (nSPS) is 10.4. The van der Waals surface area contributed by atoms with Crippen molar-refractivity contribution in [1.29, 1.82) is 0 Å². The summed E-state index contributed by atoms with van der Waals surface area (Å²) in [6.07, 6.45) is 0. The lowest BCUT2D eigenvalue weighted by Crippen LogP contribution is -2.04. The molecule has 106 valence electrons. The van der Waals surface area contributed by atoms with Crippen LogP contribution in [0.5, 0.6) is 5.75 Å². The van der Waals surface area contributed by atoms with Gasteiger partial charge in [-0.05, 0) is 38.1 Å². The van der Waals surface area contributed by atoms with E-state index in [9.17, 15) is 0 Å². The Morgan fingerprint density at radius 3 is 2.45 bits per heavy atom. The van der Waals surface area contributed by atoms with Gasteiger partial charge in [-0.15, -0.1) is 0 Å². The van der Waals surface area contributed by atoms with E-state index in [4.69, 9.17) is 27.9 Å². The number of hydrogen-bond acceptors (Lipinski definition) is 2. The third-order valence-electron chi connectivity index (χ3n) is 2.91. The minimum atomic E-state index is 0.542. The van der Waals surface area contributed by atoms with Crippen molar-refractivity contribution in [2.24, 2.45) is 0 Å². The SMILES string of the molecule is CCOc1c(Cl)cc(Cl)cc1CNc1ccc(C)cc1. The van der Waals surface area contributed by atoms with Crippen molar-refractivity contribution in [3.05, 3.63) is 57.6 Å². The Kier molecular flexibility index (Phi) is 5.16. The van der Waals surface area contributed by atoms with Crippen molar-refractivity contribution < 1.29 is 4.74 Å². The first kappa shape index (κ1) is 15.0. The summed E-state index contributed by atoms with van der Waals surface area (Å²) in [6, 6.07) is 11.8. The van der Waals surface area contributed by atoms with E-state index in [1.807, 2.05) is 25.1 Å². The average Bonchev–Trinajstić information content (AvgIpc) is 2.41. The van der Waals surface area contributed by atoms with E-state index in [1.165, 1.54) is 5.56 Å². The van der Waals surface area contributed by atoms with Crippen molar-refractivity contribution in [2.45, 2.75) is 20.4 Å². The van der Waals surface area contributed by atoms with Gasteiger partial charge in [-0.2, -0.15) is 0 Å². The Balaban J connectivity index is 2.17. The second-order valence-electron chi connectivity index (χ2n) is 4.53. The van der Waals surface area contributed by atoms with Crippen LogP contribution in [0.15, 0.2) is 36.4 Å². The Labute approximate surface area is 129 Å². The van der Waals surface area contributed by atoms with E-state index in [-0.39, 0.29) is 0 Å². The van der Waals surface area contributed by atoms with Crippen molar-refractivity contribution >= 4 is 28.9 Å². The van der Waals surface area contributed by atoms with E-state index in [0.29, 0.717) is 28.9 Å². The molecule has 1 N–H and O–H groups in total. The first-order chi connectivity index (χ1) is 9.60. The smallest absolute Gasteiger partial charge is 0.142 e. The van der Waals surface area contributed by atoms with Crippen LogP contribution >= 0.6 is 23.2 Å². The van der Waals surface area contributed by atoms with Gasteiger partial charge >= 0.3 is 0 Å². The van der Waals surface area contributed by atoms with E-state index >= 15 is 0 Å². The van der Waals surface area contributed by atoms with Gasteiger partial charge in [0.2, 0.25) is 0 Å². The summed E-state index contributed by atoms with van der Waals surface area (Å²) in [5.41, 5.74) is 3.23. The largest absolute Gasteiger partial charge is 0.492 e. The number of aryl methyl sites for hydroxylation is 1. The minimum absolute atomic E-state index is 0.542. The molecule has 0 bridgehead atoms. The molecule has 2 rings (SSSR count). The number of benzene rings is 2. The Morgan fingerprint density at radius 1 is 1.10 bits per heavy atom. The molecule has 0 aliphatic carbocycles. The summed E-state index contributed by atoms with van der Waals surface area (Å²) in [5, 5.41) is 4.50. The van der Waals surface area contributed by atoms with Crippen LogP contribution in [0.25, 0.3) is 0 Å². The fourth-order valence-corrected chi connectivity index (χ4v) is 2.51. The summed E-state index contributed by atoms with van der Waals surface area (Å²) in [4.78, 5) is 0. The zero-order valence-corrected chi connectivity index (χ0v) is 13.1. The van der Waals surface area contributed by atoms with Gasteiger partial charge in [-0.25, -0.2) is 0 Å². The van der Waals surface area contributed by atoms with Gasteiger partial charge in [-0.1, -0.05) is 40.9 Å². The second-order valence-corrected chi connectivity index (χ2v) is 5.37. The number of hydrogen-bond donors (Lipinski definition) is 1. The molecule has 0 aliphatic heterocycles. The lowest BCUT2D eigenvalue weighted by molar-refractivity contribution is 0.337. The molecule has 0 aliphatic rings. The highest BCUT2D eigenvalue weighted by molar-refractivity contribution is 6.35. The third-order valence-corrected chi connectivity index (χ3v) is 3.41. The molecular formula is C16H17Cl2NO. The van der Waals surface area contributed by atoms with Crippen molar-refractivity contribution in [2.75, 3.05) is 11.9 Å². The Hall–Kier alpha value is -1.38. The maximum absolute atomic E-state index is 6.18. The third kappa shape index (κ3) is 3.81. The molecule has 2 aromatic carbocycles. The quantitative estimate of drug-likeness (QED) is 0.807. The summed E-state index contributed by atoms with van der Waals surface area (Å²) in [5.74, 6) is 0.693. The van der Waals surface area contributed by atoms with E-state index in [1.54, 1.807) is 6.07 Å². The molecule has 0 heterocycles. The van der Waals surface area contributed by atoms with Crippen LogP contribution in [0.2, 0.25) is 10.0 Å². The van der Waals surface area contributed by atoms with Crippen LogP contribution in [0.1, 0.15) is 18.1 Å². The Morgan fingerprint density at radius 2 is 1.80 bits per heavy atom. The minimum Gasteiger partial charge on any atom is -0.492 e. The van der Waals surface area contributed by atoms with Crippen LogP contribution < -0.4 is 10.1 Å². The highest BCUT2D eigenvalue weighted by Gasteiger charge is 2.10. The van der Waals surface area contributed by atoms with E-state index in [2.05, 4.69) is 24.4 Å². The maximum atomic E-state index is 6.18. The van der Waals surface area contributed by atoms with Crippen LogP contribution in [0.4, 0.5) is 5.69 Å². The molecular weight excluding hydrogens is 293 g/mol. The van der Waals surface area contributed by atoms with Crippen molar-refractivity contribution in [1.82, 2.24) is 0 Å². The first-order valence-electron chi connectivity index (χ1n) is 6.51. The van der Waals surface area contributed by atoms with Gasteiger partial charge in [0, 0.05) is 22.8 Å². The molecule has 0 radical (unpaired) electrons. The lowest BCUT2D eigenvalue weighted by Gasteiger charge is -2.14. The maximum Gasteiger partial charge on any atom is 0.142 e. The number of halogens is 2. The monoisotopic (exact) mass is 309 g/mol. The molecule has 0 amide bonds. The number of rotatable bonds is 5. The molecule has 2 nitrogen and oxygen atoms in total. The first-order valence-corrected chi connectivity index (χ1v) is 7.27. The van der Waals surface area contributed by atoms with Gasteiger partial charge < -0.3 is 10.1 Å². The second kappa shape index (κ2) is 6.87. The summed E-state index contributed by atoms with van der Waals surface area (Å²) in [6.45, 7) is 5.17. The predicted octanol–water partition coefficient (Wildman–Crippen LogP) is 5.31. The zero-order chi connectivity index (χ0) is 14.5. The summed E-state index contributed by atoms with van der Waals surface area (Å²) >= 11 is 12.2. The Bertz CT molecular complexity index is 582. The molecule has 0 spiro atoms. The molecule has 2 aromatic rings. The molecule has 4 heteroatoms. The number of nitrogens with one attached hydrogen (secondary N) is 1. The molecule has 0 fully saturated rings. The zero-order valence-electron chi connectivity index (χ0n) is 11.5. The van der Waals surface area contributed by atoms with Crippen LogP contribution in [0.3, 0.4) is 0 Å².